The highest BCUT2D eigenvalue weighted by molar-refractivity contribution is 5.86. The summed E-state index contributed by atoms with van der Waals surface area (Å²) in [5.41, 5.74) is 0.852. The summed E-state index contributed by atoms with van der Waals surface area (Å²) in [5.74, 6) is -1.03. The Morgan fingerprint density at radius 1 is 1.22 bits per heavy atom. The molecule has 2 amide bonds. The topological polar surface area (TPSA) is 103 Å². The molecule has 0 bridgehead atoms. The van der Waals surface area contributed by atoms with Gasteiger partial charge < -0.3 is 24.8 Å². The molecule has 3 atom stereocenters. The van der Waals surface area contributed by atoms with Crippen molar-refractivity contribution >= 4 is 18.0 Å². The number of benzene rings is 1. The van der Waals surface area contributed by atoms with E-state index in [1.165, 1.54) is 6.92 Å². The summed E-state index contributed by atoms with van der Waals surface area (Å²) in [7, 11) is 0. The lowest BCUT2D eigenvalue weighted by Gasteiger charge is -2.25. The van der Waals surface area contributed by atoms with E-state index < -0.39 is 30.4 Å². The predicted octanol–water partition coefficient (Wildman–Crippen LogP) is 1.73. The van der Waals surface area contributed by atoms with Crippen LogP contribution in [0, 0.1) is 5.92 Å². The molecule has 0 radical (unpaired) electrons. The quantitative estimate of drug-likeness (QED) is 0.701. The SMILES string of the molecule is CC(=O)O[C@@H]1OCC[C@@H]1NC(=O)[C@@H](NC(=O)OCc1ccccc1)C(C)C. The average Bonchev–Trinajstić information content (AvgIpc) is 3.04. The summed E-state index contributed by atoms with van der Waals surface area (Å²) in [6, 6.07) is 8.02. The fourth-order valence-corrected chi connectivity index (χ4v) is 2.68. The van der Waals surface area contributed by atoms with Gasteiger partial charge in [-0.25, -0.2) is 4.79 Å². The fraction of sp³-hybridized carbons (Fsp3) is 0.526. The Hall–Kier alpha value is -2.61. The van der Waals surface area contributed by atoms with Crippen molar-refractivity contribution in [3.63, 3.8) is 0 Å². The minimum atomic E-state index is -0.815. The number of rotatable bonds is 7. The van der Waals surface area contributed by atoms with Crippen LogP contribution in [0.3, 0.4) is 0 Å². The third-order valence-electron chi connectivity index (χ3n) is 4.08. The summed E-state index contributed by atoms with van der Waals surface area (Å²) < 4.78 is 15.5. The van der Waals surface area contributed by atoms with Crippen LogP contribution in [-0.4, -0.2) is 43.0 Å². The van der Waals surface area contributed by atoms with Crippen LogP contribution < -0.4 is 10.6 Å². The van der Waals surface area contributed by atoms with Gasteiger partial charge in [0, 0.05) is 6.92 Å². The normalized spacial score (nSPS) is 20.0. The lowest BCUT2D eigenvalue weighted by molar-refractivity contribution is -0.171. The number of alkyl carbamates (subject to hydrolysis) is 1. The van der Waals surface area contributed by atoms with Crippen molar-refractivity contribution in [2.45, 2.75) is 52.2 Å². The summed E-state index contributed by atoms with van der Waals surface area (Å²) in [5, 5.41) is 5.38. The van der Waals surface area contributed by atoms with E-state index in [0.717, 1.165) is 5.56 Å². The lowest BCUT2D eigenvalue weighted by atomic mass is 10.0. The van der Waals surface area contributed by atoms with Gasteiger partial charge in [-0.3, -0.25) is 9.59 Å². The number of carbonyl (C=O) groups excluding carboxylic acids is 3. The highest BCUT2D eigenvalue weighted by Crippen LogP contribution is 2.16. The second kappa shape index (κ2) is 9.91. The molecule has 1 saturated heterocycles. The molecule has 1 aliphatic rings. The van der Waals surface area contributed by atoms with Crippen molar-refractivity contribution in [3.05, 3.63) is 35.9 Å². The number of amides is 2. The van der Waals surface area contributed by atoms with E-state index in [0.29, 0.717) is 13.0 Å². The van der Waals surface area contributed by atoms with Gasteiger partial charge >= 0.3 is 12.1 Å². The van der Waals surface area contributed by atoms with E-state index in [1.807, 2.05) is 44.2 Å². The zero-order chi connectivity index (χ0) is 19.8. The summed E-state index contributed by atoms with van der Waals surface area (Å²) in [6.45, 7) is 5.40. The number of hydrogen-bond donors (Lipinski definition) is 2. The van der Waals surface area contributed by atoms with Crippen LogP contribution in [-0.2, 0) is 30.4 Å². The van der Waals surface area contributed by atoms with Crippen LogP contribution in [0.4, 0.5) is 4.79 Å². The Bertz CT molecular complexity index is 649. The van der Waals surface area contributed by atoms with Gasteiger partial charge in [-0.1, -0.05) is 44.2 Å². The van der Waals surface area contributed by atoms with Crippen LogP contribution in [0.1, 0.15) is 32.8 Å². The zero-order valence-corrected chi connectivity index (χ0v) is 15.8. The average molecular weight is 378 g/mol. The van der Waals surface area contributed by atoms with E-state index in [4.69, 9.17) is 14.2 Å². The predicted molar refractivity (Wildman–Crippen MR) is 96.4 cm³/mol. The molecule has 0 unspecified atom stereocenters. The second-order valence-corrected chi connectivity index (χ2v) is 6.68. The molecule has 0 aliphatic carbocycles. The Labute approximate surface area is 158 Å². The number of hydrogen-bond acceptors (Lipinski definition) is 6. The molecule has 1 fully saturated rings. The highest BCUT2D eigenvalue weighted by Gasteiger charge is 2.35. The van der Waals surface area contributed by atoms with Crippen LogP contribution in [0.2, 0.25) is 0 Å². The highest BCUT2D eigenvalue weighted by atomic mass is 16.7. The summed E-state index contributed by atoms with van der Waals surface area (Å²) in [6.07, 6.45) is -0.969. The van der Waals surface area contributed by atoms with Crippen molar-refractivity contribution in [2.75, 3.05) is 6.61 Å². The number of esters is 1. The van der Waals surface area contributed by atoms with Crippen LogP contribution in [0.5, 0.6) is 0 Å². The van der Waals surface area contributed by atoms with Gasteiger partial charge in [-0.15, -0.1) is 0 Å². The molecular weight excluding hydrogens is 352 g/mol. The standard InChI is InChI=1S/C19H26N2O6/c1-12(2)16(21-19(24)26-11-14-7-5-4-6-8-14)17(23)20-15-9-10-25-18(15)27-13(3)22/h4-8,12,15-16,18H,9-11H2,1-3H3,(H,20,23)(H,21,24)/t15-,16-,18-/m0/s1. The Balaban J connectivity index is 1.88. The van der Waals surface area contributed by atoms with Crippen LogP contribution in [0.15, 0.2) is 30.3 Å². The Kier molecular flexibility index (Phi) is 7.60. The fourth-order valence-electron chi connectivity index (χ4n) is 2.68. The molecule has 1 aromatic carbocycles. The molecule has 2 N–H and O–H groups in total. The maximum absolute atomic E-state index is 12.6. The van der Waals surface area contributed by atoms with Gasteiger partial charge in [0.15, 0.2) is 0 Å². The van der Waals surface area contributed by atoms with Crippen molar-refractivity contribution in [2.24, 2.45) is 5.92 Å². The summed E-state index contributed by atoms with van der Waals surface area (Å²) in [4.78, 5) is 35.8. The molecule has 0 spiro atoms. The molecule has 148 valence electrons. The largest absolute Gasteiger partial charge is 0.445 e. The van der Waals surface area contributed by atoms with E-state index >= 15 is 0 Å². The molecular formula is C19H26N2O6. The van der Waals surface area contributed by atoms with Crippen molar-refractivity contribution in [1.82, 2.24) is 10.6 Å². The molecule has 8 heteroatoms. The van der Waals surface area contributed by atoms with Gasteiger partial charge in [0.25, 0.3) is 0 Å². The minimum absolute atomic E-state index is 0.115. The Morgan fingerprint density at radius 3 is 2.56 bits per heavy atom. The van der Waals surface area contributed by atoms with E-state index in [-0.39, 0.29) is 18.4 Å². The number of ether oxygens (including phenoxy) is 3. The van der Waals surface area contributed by atoms with Gasteiger partial charge in [0.2, 0.25) is 12.2 Å². The molecule has 1 aromatic rings. The first kappa shape index (κ1) is 20.7. The number of carbonyl (C=O) groups is 3. The van der Waals surface area contributed by atoms with E-state index in [2.05, 4.69) is 10.6 Å². The van der Waals surface area contributed by atoms with Gasteiger partial charge in [-0.05, 0) is 17.9 Å². The smallest absolute Gasteiger partial charge is 0.408 e. The first-order chi connectivity index (χ1) is 12.9. The molecule has 0 aromatic heterocycles. The maximum Gasteiger partial charge on any atom is 0.408 e. The minimum Gasteiger partial charge on any atom is -0.445 e. The lowest BCUT2D eigenvalue weighted by Crippen LogP contribution is -2.54. The molecule has 0 saturated carbocycles. The third kappa shape index (κ3) is 6.56. The van der Waals surface area contributed by atoms with E-state index in [1.54, 1.807) is 0 Å². The van der Waals surface area contributed by atoms with E-state index in [9.17, 15) is 14.4 Å². The first-order valence-electron chi connectivity index (χ1n) is 8.93. The number of nitrogens with one attached hydrogen (secondary N) is 2. The summed E-state index contributed by atoms with van der Waals surface area (Å²) >= 11 is 0. The molecule has 1 aliphatic heterocycles. The maximum atomic E-state index is 12.6. The van der Waals surface area contributed by atoms with Gasteiger partial charge in [0.1, 0.15) is 12.6 Å². The van der Waals surface area contributed by atoms with Crippen LogP contribution in [0.25, 0.3) is 0 Å². The Morgan fingerprint density at radius 2 is 1.93 bits per heavy atom. The van der Waals surface area contributed by atoms with Crippen molar-refractivity contribution in [3.8, 4) is 0 Å². The second-order valence-electron chi connectivity index (χ2n) is 6.68. The van der Waals surface area contributed by atoms with Crippen molar-refractivity contribution < 1.29 is 28.6 Å². The van der Waals surface area contributed by atoms with Gasteiger partial charge in [0.05, 0.1) is 12.6 Å². The molecule has 2 rings (SSSR count). The monoisotopic (exact) mass is 378 g/mol. The zero-order valence-electron chi connectivity index (χ0n) is 15.8. The molecule has 1 heterocycles. The first-order valence-corrected chi connectivity index (χ1v) is 8.93. The van der Waals surface area contributed by atoms with Crippen molar-refractivity contribution in [1.29, 1.82) is 0 Å². The van der Waals surface area contributed by atoms with Crippen LogP contribution >= 0.6 is 0 Å². The third-order valence-corrected chi connectivity index (χ3v) is 4.08. The molecule has 8 nitrogen and oxygen atoms in total. The molecule has 27 heavy (non-hydrogen) atoms. The van der Waals surface area contributed by atoms with Gasteiger partial charge in [-0.2, -0.15) is 0 Å².